The molecule has 2 aliphatic heterocycles. The molecule has 0 aromatic carbocycles. The molecule has 1 N–H and O–H groups in total. The lowest BCUT2D eigenvalue weighted by molar-refractivity contribution is -0.117. The number of carbonyl (C=O) groups excluding carboxylic acids is 1. The lowest BCUT2D eigenvalue weighted by Crippen LogP contribution is -2.37. The number of aliphatic imine (C=N–C) groups is 1. The van der Waals surface area contributed by atoms with Crippen LogP contribution in [-0.2, 0) is 4.79 Å². The average molecular weight is 249 g/mol. The van der Waals surface area contributed by atoms with Crippen LogP contribution in [0.3, 0.4) is 0 Å². The van der Waals surface area contributed by atoms with Crippen LogP contribution >= 0.6 is 27.5 Å². The van der Waals surface area contributed by atoms with E-state index >= 15 is 0 Å². The molecule has 2 aliphatic rings. The Balaban J connectivity index is 2.52. The number of carbonyl (C=O) groups is 1. The quantitative estimate of drug-likeness (QED) is 0.507. The fraction of sp³-hybridized carbons (Fsp3) is 0.200. The zero-order valence-electron chi connectivity index (χ0n) is 5.58. The number of nitrogens with one attached hydrogen (secondary N) is 1. The number of amidine groups is 1. The van der Waals surface area contributed by atoms with Crippen molar-refractivity contribution in [3.63, 3.8) is 0 Å². The van der Waals surface area contributed by atoms with E-state index in [1.807, 2.05) is 0 Å². The van der Waals surface area contributed by atoms with Gasteiger partial charge in [-0.3, -0.25) is 4.79 Å². The molecule has 0 saturated heterocycles. The standard InChI is InChI=1S/C5H2BrClN4O/c6-2-1-3(11-10-2)8-5(7)9-4(1)12/h5H,(H,9,12). The van der Waals surface area contributed by atoms with Gasteiger partial charge >= 0.3 is 0 Å². The Morgan fingerprint density at radius 2 is 2.25 bits per heavy atom. The van der Waals surface area contributed by atoms with Gasteiger partial charge in [-0.05, 0) is 15.9 Å². The molecule has 0 spiro atoms. The molecular formula is C5H2BrClN4O. The fourth-order valence-electron chi connectivity index (χ4n) is 0.889. The van der Waals surface area contributed by atoms with Crippen LogP contribution in [-0.4, -0.2) is 17.4 Å². The molecule has 0 saturated carbocycles. The predicted octanol–water partition coefficient (Wildman–Crippen LogP) is 1.11. The number of alkyl halides is 1. The molecule has 0 fully saturated rings. The third kappa shape index (κ3) is 1.07. The topological polar surface area (TPSA) is 66.2 Å². The number of amides is 1. The maximum Gasteiger partial charge on any atom is 0.260 e. The zero-order chi connectivity index (χ0) is 8.72. The van der Waals surface area contributed by atoms with Gasteiger partial charge in [0.15, 0.2) is 11.5 Å². The van der Waals surface area contributed by atoms with Gasteiger partial charge in [-0.15, -0.1) is 10.2 Å². The van der Waals surface area contributed by atoms with Gasteiger partial charge < -0.3 is 5.32 Å². The van der Waals surface area contributed by atoms with Crippen molar-refractivity contribution in [2.24, 2.45) is 15.2 Å². The molecule has 12 heavy (non-hydrogen) atoms. The molecular weight excluding hydrogens is 247 g/mol. The molecule has 0 aliphatic carbocycles. The van der Waals surface area contributed by atoms with E-state index in [0.717, 1.165) is 0 Å². The number of halogens is 2. The second-order valence-corrected chi connectivity index (χ2v) is 3.29. The van der Waals surface area contributed by atoms with E-state index in [1.165, 1.54) is 0 Å². The summed E-state index contributed by atoms with van der Waals surface area (Å²) in [6.45, 7) is 0. The number of rotatable bonds is 0. The van der Waals surface area contributed by atoms with E-state index < -0.39 is 5.62 Å². The first kappa shape index (κ1) is 7.88. The molecule has 1 atom stereocenters. The third-order valence-electron chi connectivity index (χ3n) is 1.38. The highest BCUT2D eigenvalue weighted by molar-refractivity contribution is 9.11. The number of hydrogen-bond donors (Lipinski definition) is 1. The van der Waals surface area contributed by atoms with Crippen molar-refractivity contribution in [3.05, 3.63) is 10.2 Å². The van der Waals surface area contributed by atoms with E-state index in [2.05, 4.69) is 36.5 Å². The molecule has 7 heteroatoms. The summed E-state index contributed by atoms with van der Waals surface area (Å²) in [5.74, 6) is -0.0255. The van der Waals surface area contributed by atoms with Crippen LogP contribution in [0.25, 0.3) is 0 Å². The first-order valence-corrected chi connectivity index (χ1v) is 4.26. The van der Waals surface area contributed by atoms with Gasteiger partial charge in [-0.2, -0.15) is 0 Å². The average Bonchev–Trinajstić information content (AvgIpc) is 2.31. The molecule has 2 rings (SSSR count). The van der Waals surface area contributed by atoms with Gasteiger partial charge in [0.1, 0.15) is 10.2 Å². The van der Waals surface area contributed by atoms with Crippen molar-refractivity contribution >= 4 is 39.3 Å². The Bertz CT molecular complexity index is 347. The predicted molar refractivity (Wildman–Crippen MR) is 46.0 cm³/mol. The van der Waals surface area contributed by atoms with E-state index in [0.29, 0.717) is 10.2 Å². The van der Waals surface area contributed by atoms with Gasteiger partial charge in [-0.1, -0.05) is 11.6 Å². The van der Waals surface area contributed by atoms with Crippen molar-refractivity contribution in [2.45, 2.75) is 5.62 Å². The third-order valence-corrected chi connectivity index (χ3v) is 2.14. The van der Waals surface area contributed by atoms with Crippen molar-refractivity contribution in [1.82, 2.24) is 5.32 Å². The number of fused-ring (bicyclic) bond motifs is 1. The maximum absolute atomic E-state index is 11.2. The van der Waals surface area contributed by atoms with Crippen molar-refractivity contribution < 1.29 is 4.79 Å². The van der Waals surface area contributed by atoms with E-state index in [9.17, 15) is 4.79 Å². The molecule has 1 unspecified atom stereocenters. The second kappa shape index (κ2) is 2.63. The Morgan fingerprint density at radius 1 is 1.50 bits per heavy atom. The van der Waals surface area contributed by atoms with Gasteiger partial charge in [0.05, 0.1) is 0 Å². The van der Waals surface area contributed by atoms with Crippen LogP contribution in [0, 0.1) is 0 Å². The van der Waals surface area contributed by atoms with E-state index in [4.69, 9.17) is 11.6 Å². The minimum absolute atomic E-state index is 0.283. The fourth-order valence-corrected chi connectivity index (χ4v) is 1.52. The molecule has 5 nitrogen and oxygen atoms in total. The molecule has 1 amide bonds. The molecule has 0 bridgehead atoms. The van der Waals surface area contributed by atoms with Crippen LogP contribution in [0.15, 0.2) is 25.4 Å². The summed E-state index contributed by atoms with van der Waals surface area (Å²) in [4.78, 5) is 15.1. The summed E-state index contributed by atoms with van der Waals surface area (Å²) in [5, 5.41) is 9.70. The van der Waals surface area contributed by atoms with Gasteiger partial charge in [0.2, 0.25) is 0 Å². The summed E-state index contributed by atoms with van der Waals surface area (Å²) < 4.78 is 0.391. The Labute approximate surface area is 80.7 Å². The van der Waals surface area contributed by atoms with Crippen LogP contribution in [0.2, 0.25) is 0 Å². The SMILES string of the molecule is O=C1NC(Cl)N=C2N=NC(Br)=C12. The van der Waals surface area contributed by atoms with E-state index in [-0.39, 0.29) is 11.7 Å². The van der Waals surface area contributed by atoms with Crippen LogP contribution < -0.4 is 5.32 Å². The second-order valence-electron chi connectivity index (χ2n) is 2.13. The summed E-state index contributed by atoms with van der Waals surface area (Å²) >= 11 is 8.64. The first-order chi connectivity index (χ1) is 5.68. The number of nitrogens with zero attached hydrogens (tertiary/aromatic N) is 3. The van der Waals surface area contributed by atoms with Crippen molar-refractivity contribution in [1.29, 1.82) is 0 Å². The van der Waals surface area contributed by atoms with Gasteiger partial charge in [0, 0.05) is 0 Å². The monoisotopic (exact) mass is 248 g/mol. The van der Waals surface area contributed by atoms with E-state index in [1.54, 1.807) is 0 Å². The lowest BCUT2D eigenvalue weighted by atomic mass is 10.2. The summed E-state index contributed by atoms with van der Waals surface area (Å²) in [7, 11) is 0. The normalized spacial score (nSPS) is 27.0. The highest BCUT2D eigenvalue weighted by Gasteiger charge is 2.30. The van der Waals surface area contributed by atoms with Crippen molar-refractivity contribution in [2.75, 3.05) is 0 Å². The maximum atomic E-state index is 11.2. The Morgan fingerprint density at radius 3 is 3.00 bits per heavy atom. The van der Waals surface area contributed by atoms with Crippen LogP contribution in [0.4, 0.5) is 0 Å². The highest BCUT2D eigenvalue weighted by Crippen LogP contribution is 2.25. The van der Waals surface area contributed by atoms with Crippen LogP contribution in [0.5, 0.6) is 0 Å². The largest absolute Gasteiger partial charge is 0.317 e. The highest BCUT2D eigenvalue weighted by atomic mass is 79.9. The first-order valence-electron chi connectivity index (χ1n) is 3.03. The lowest BCUT2D eigenvalue weighted by Gasteiger charge is -2.13. The Hall–Kier alpha value is -0.750. The molecule has 0 aromatic rings. The molecule has 2 heterocycles. The smallest absolute Gasteiger partial charge is 0.260 e. The summed E-state index contributed by atoms with van der Waals surface area (Å²) in [6.07, 6.45) is 0. The Kier molecular flexibility index (Phi) is 1.73. The number of hydrogen-bond acceptors (Lipinski definition) is 4. The molecule has 62 valence electrons. The summed E-state index contributed by atoms with van der Waals surface area (Å²) in [6, 6.07) is 0. The zero-order valence-corrected chi connectivity index (χ0v) is 7.93. The van der Waals surface area contributed by atoms with Gasteiger partial charge in [-0.25, -0.2) is 4.99 Å². The molecule has 0 aromatic heterocycles. The number of azo groups is 1. The van der Waals surface area contributed by atoms with Crippen molar-refractivity contribution in [3.8, 4) is 0 Å². The van der Waals surface area contributed by atoms with Gasteiger partial charge in [0.25, 0.3) is 5.91 Å². The minimum atomic E-state index is -0.742. The minimum Gasteiger partial charge on any atom is -0.317 e. The molecule has 0 radical (unpaired) electrons. The summed E-state index contributed by atoms with van der Waals surface area (Å²) in [5.41, 5.74) is -0.402. The van der Waals surface area contributed by atoms with Crippen LogP contribution in [0.1, 0.15) is 0 Å².